The van der Waals surface area contributed by atoms with Crippen molar-refractivity contribution in [3.63, 3.8) is 0 Å². The third-order valence-corrected chi connectivity index (χ3v) is 3.00. The third-order valence-electron chi connectivity index (χ3n) is 3.00. The third kappa shape index (κ3) is 5.80. The maximum Gasteiger partial charge on any atom is 0.246 e. The van der Waals surface area contributed by atoms with Crippen molar-refractivity contribution in [2.24, 2.45) is 5.92 Å². The first-order valence-electron chi connectivity index (χ1n) is 7.80. The predicted octanol–water partition coefficient (Wildman–Crippen LogP) is 3.61. The molecule has 0 saturated carbocycles. The number of hydrogen-bond acceptors (Lipinski definition) is 3. The summed E-state index contributed by atoms with van der Waals surface area (Å²) in [5.74, 6) is 1.89. The number of nitrogens with zero attached hydrogens (tertiary/aromatic N) is 1. The fraction of sp³-hybridized carbons (Fsp3) is 0.500. The quantitative estimate of drug-likeness (QED) is 0.689. The van der Waals surface area contributed by atoms with Gasteiger partial charge in [-0.3, -0.25) is 4.79 Å². The Morgan fingerprint density at radius 3 is 2.41 bits per heavy atom. The van der Waals surface area contributed by atoms with Crippen LogP contribution in [0.4, 0.5) is 0 Å². The number of amides is 1. The van der Waals surface area contributed by atoms with Gasteiger partial charge < -0.3 is 14.4 Å². The molecule has 0 unspecified atom stereocenters. The molecule has 1 amide bonds. The minimum absolute atomic E-state index is 0.000504. The van der Waals surface area contributed by atoms with Crippen LogP contribution >= 0.6 is 0 Å². The van der Waals surface area contributed by atoms with E-state index in [1.807, 2.05) is 39.1 Å². The molecule has 0 aromatic heterocycles. The number of benzene rings is 1. The summed E-state index contributed by atoms with van der Waals surface area (Å²) in [6.45, 7) is 9.96. The SMILES string of the molecule is CCOc1ccc(/C=C/C(=O)N(C)CC(C)C)cc1OCC. The fourth-order valence-electron chi connectivity index (χ4n) is 2.10. The summed E-state index contributed by atoms with van der Waals surface area (Å²) in [4.78, 5) is 13.7. The van der Waals surface area contributed by atoms with Gasteiger partial charge in [-0.05, 0) is 43.5 Å². The van der Waals surface area contributed by atoms with Crippen LogP contribution in [0.25, 0.3) is 6.08 Å². The number of rotatable bonds is 8. The van der Waals surface area contributed by atoms with Crippen LogP contribution in [-0.4, -0.2) is 37.6 Å². The lowest BCUT2D eigenvalue weighted by molar-refractivity contribution is -0.125. The molecule has 4 heteroatoms. The van der Waals surface area contributed by atoms with E-state index >= 15 is 0 Å². The van der Waals surface area contributed by atoms with E-state index in [1.165, 1.54) is 0 Å². The molecule has 1 rings (SSSR count). The lowest BCUT2D eigenvalue weighted by Gasteiger charge is -2.17. The van der Waals surface area contributed by atoms with E-state index in [2.05, 4.69) is 13.8 Å². The number of carbonyl (C=O) groups is 1. The number of carbonyl (C=O) groups excluding carboxylic acids is 1. The van der Waals surface area contributed by atoms with Crippen LogP contribution in [0.1, 0.15) is 33.3 Å². The summed E-state index contributed by atoms with van der Waals surface area (Å²) in [5.41, 5.74) is 0.915. The molecule has 0 aliphatic heterocycles. The Kier molecular flexibility index (Phi) is 7.50. The van der Waals surface area contributed by atoms with Crippen molar-refractivity contribution in [2.45, 2.75) is 27.7 Å². The highest BCUT2D eigenvalue weighted by atomic mass is 16.5. The molecule has 0 radical (unpaired) electrons. The highest BCUT2D eigenvalue weighted by Gasteiger charge is 2.08. The Morgan fingerprint density at radius 2 is 1.82 bits per heavy atom. The van der Waals surface area contributed by atoms with Gasteiger partial charge in [-0.1, -0.05) is 19.9 Å². The molecule has 0 N–H and O–H groups in total. The molecule has 0 spiro atoms. The minimum atomic E-state index is 0.000504. The van der Waals surface area contributed by atoms with Crippen LogP contribution in [0.3, 0.4) is 0 Å². The van der Waals surface area contributed by atoms with Gasteiger partial charge in [0.15, 0.2) is 11.5 Å². The highest BCUT2D eigenvalue weighted by Crippen LogP contribution is 2.29. The second-order valence-corrected chi connectivity index (χ2v) is 5.52. The van der Waals surface area contributed by atoms with Gasteiger partial charge in [0.05, 0.1) is 13.2 Å². The second-order valence-electron chi connectivity index (χ2n) is 5.52. The topological polar surface area (TPSA) is 38.8 Å². The van der Waals surface area contributed by atoms with Crippen molar-refractivity contribution in [3.05, 3.63) is 29.8 Å². The summed E-state index contributed by atoms with van der Waals surface area (Å²) < 4.78 is 11.1. The molecule has 22 heavy (non-hydrogen) atoms. The second kappa shape index (κ2) is 9.13. The van der Waals surface area contributed by atoms with Gasteiger partial charge in [-0.25, -0.2) is 0 Å². The van der Waals surface area contributed by atoms with Crippen molar-refractivity contribution < 1.29 is 14.3 Å². The Balaban J connectivity index is 2.82. The Labute approximate surface area is 133 Å². The van der Waals surface area contributed by atoms with E-state index < -0.39 is 0 Å². The summed E-state index contributed by atoms with van der Waals surface area (Å²) in [7, 11) is 1.82. The Bertz CT molecular complexity index is 509. The van der Waals surface area contributed by atoms with E-state index in [0.29, 0.717) is 24.9 Å². The van der Waals surface area contributed by atoms with Crippen LogP contribution in [0.2, 0.25) is 0 Å². The molecule has 0 fully saturated rings. The first-order chi connectivity index (χ1) is 10.5. The van der Waals surface area contributed by atoms with Crippen molar-refractivity contribution >= 4 is 12.0 Å². The van der Waals surface area contributed by atoms with Gasteiger partial charge in [-0.2, -0.15) is 0 Å². The zero-order valence-corrected chi connectivity index (χ0v) is 14.3. The summed E-state index contributed by atoms with van der Waals surface area (Å²) in [6, 6.07) is 5.68. The molecule has 0 atom stereocenters. The zero-order valence-electron chi connectivity index (χ0n) is 14.3. The molecular weight excluding hydrogens is 278 g/mol. The molecule has 122 valence electrons. The summed E-state index contributed by atoms with van der Waals surface area (Å²) in [6.07, 6.45) is 3.39. The minimum Gasteiger partial charge on any atom is -0.490 e. The molecule has 4 nitrogen and oxygen atoms in total. The Morgan fingerprint density at radius 1 is 1.18 bits per heavy atom. The lowest BCUT2D eigenvalue weighted by atomic mass is 10.1. The number of likely N-dealkylation sites (N-methyl/N-ethyl adjacent to an activating group) is 1. The Hall–Kier alpha value is -1.97. The first kappa shape index (κ1) is 18.1. The van der Waals surface area contributed by atoms with E-state index in [1.54, 1.807) is 17.1 Å². The molecule has 0 heterocycles. The monoisotopic (exact) mass is 305 g/mol. The molecule has 0 aliphatic carbocycles. The van der Waals surface area contributed by atoms with E-state index in [0.717, 1.165) is 17.9 Å². The van der Waals surface area contributed by atoms with E-state index in [-0.39, 0.29) is 5.91 Å². The van der Waals surface area contributed by atoms with Gasteiger partial charge in [0.25, 0.3) is 0 Å². The predicted molar refractivity (Wildman–Crippen MR) is 90.3 cm³/mol. The largest absolute Gasteiger partial charge is 0.490 e. The van der Waals surface area contributed by atoms with Gasteiger partial charge in [-0.15, -0.1) is 0 Å². The van der Waals surface area contributed by atoms with Crippen molar-refractivity contribution in [2.75, 3.05) is 26.8 Å². The number of ether oxygens (including phenoxy) is 2. The normalized spacial score (nSPS) is 11.0. The maximum atomic E-state index is 12.0. The van der Waals surface area contributed by atoms with Crippen LogP contribution in [0.15, 0.2) is 24.3 Å². The maximum absolute atomic E-state index is 12.0. The van der Waals surface area contributed by atoms with Crippen molar-refractivity contribution in [1.29, 1.82) is 0 Å². The average Bonchev–Trinajstić information content (AvgIpc) is 2.46. The molecule has 0 bridgehead atoms. The summed E-state index contributed by atoms with van der Waals surface area (Å²) in [5, 5.41) is 0. The standard InChI is InChI=1S/C18H27NO3/c1-6-21-16-10-8-15(12-17(16)22-7-2)9-11-18(20)19(5)13-14(3)4/h8-12,14H,6-7,13H2,1-5H3/b11-9+. The van der Waals surface area contributed by atoms with E-state index in [4.69, 9.17) is 9.47 Å². The first-order valence-corrected chi connectivity index (χ1v) is 7.80. The fourth-order valence-corrected chi connectivity index (χ4v) is 2.10. The summed E-state index contributed by atoms with van der Waals surface area (Å²) >= 11 is 0. The van der Waals surface area contributed by atoms with E-state index in [9.17, 15) is 4.79 Å². The molecule has 0 saturated heterocycles. The van der Waals surface area contributed by atoms with Crippen molar-refractivity contribution in [1.82, 2.24) is 4.90 Å². The molecule has 0 aliphatic rings. The van der Waals surface area contributed by atoms with Crippen LogP contribution in [0, 0.1) is 5.92 Å². The molecule has 1 aromatic carbocycles. The van der Waals surface area contributed by atoms with Gasteiger partial charge in [0.2, 0.25) is 5.91 Å². The van der Waals surface area contributed by atoms with Gasteiger partial charge >= 0.3 is 0 Å². The highest BCUT2D eigenvalue weighted by molar-refractivity contribution is 5.91. The van der Waals surface area contributed by atoms with Gasteiger partial charge in [0, 0.05) is 19.7 Å². The van der Waals surface area contributed by atoms with Crippen molar-refractivity contribution in [3.8, 4) is 11.5 Å². The van der Waals surface area contributed by atoms with Crippen LogP contribution in [-0.2, 0) is 4.79 Å². The smallest absolute Gasteiger partial charge is 0.246 e. The number of hydrogen-bond donors (Lipinski definition) is 0. The molecular formula is C18H27NO3. The van der Waals surface area contributed by atoms with Gasteiger partial charge in [0.1, 0.15) is 0 Å². The molecule has 1 aromatic rings. The zero-order chi connectivity index (χ0) is 16.5. The van der Waals surface area contributed by atoms with Crippen LogP contribution in [0.5, 0.6) is 11.5 Å². The average molecular weight is 305 g/mol. The lowest BCUT2D eigenvalue weighted by Crippen LogP contribution is -2.28. The van der Waals surface area contributed by atoms with Crippen LogP contribution < -0.4 is 9.47 Å².